The van der Waals surface area contributed by atoms with E-state index in [0.29, 0.717) is 11.3 Å². The molecule has 2 amide bonds. The number of nitrogens with two attached hydrogens (primary N) is 1. The van der Waals surface area contributed by atoms with Crippen molar-refractivity contribution in [1.82, 2.24) is 4.90 Å². The molecule has 0 aliphatic rings. The van der Waals surface area contributed by atoms with Gasteiger partial charge >= 0.3 is 0 Å². The molecule has 0 bridgehead atoms. The van der Waals surface area contributed by atoms with Gasteiger partial charge in [-0.25, -0.2) is 0 Å². The van der Waals surface area contributed by atoms with Crippen LogP contribution in [0.5, 0.6) is 0 Å². The highest BCUT2D eigenvalue weighted by Gasteiger charge is 2.18. The van der Waals surface area contributed by atoms with Crippen LogP contribution in [0.25, 0.3) is 0 Å². The first-order valence-corrected chi connectivity index (χ1v) is 7.83. The molecule has 5 nitrogen and oxygen atoms in total. The molecule has 0 saturated heterocycles. The molecule has 0 aliphatic carbocycles. The van der Waals surface area contributed by atoms with Crippen LogP contribution in [-0.4, -0.2) is 29.8 Å². The van der Waals surface area contributed by atoms with Crippen LogP contribution >= 0.6 is 11.3 Å². The highest BCUT2D eigenvalue weighted by molar-refractivity contribution is 7.07. The minimum absolute atomic E-state index is 0.0930. The topological polar surface area (TPSA) is 75.4 Å². The maximum Gasteiger partial charge on any atom is 0.248 e. The average Bonchev–Trinajstić information content (AvgIpc) is 2.99. The van der Waals surface area contributed by atoms with E-state index in [1.54, 1.807) is 35.6 Å². The van der Waals surface area contributed by atoms with Crippen molar-refractivity contribution >= 4 is 28.8 Å². The lowest BCUT2D eigenvalue weighted by atomic mass is 10.2. The second-order valence-corrected chi connectivity index (χ2v) is 5.93. The number of nitrogens with zero attached hydrogens (tertiary/aromatic N) is 1. The van der Waals surface area contributed by atoms with Crippen molar-refractivity contribution in [3.8, 4) is 0 Å². The summed E-state index contributed by atoms with van der Waals surface area (Å²) in [5.74, 6) is -0.578. The molecule has 22 heavy (non-hydrogen) atoms. The zero-order chi connectivity index (χ0) is 16.1. The van der Waals surface area contributed by atoms with E-state index >= 15 is 0 Å². The number of rotatable bonds is 6. The van der Waals surface area contributed by atoms with Gasteiger partial charge in [-0.1, -0.05) is 0 Å². The molecule has 116 valence electrons. The van der Waals surface area contributed by atoms with Crippen molar-refractivity contribution in [2.75, 3.05) is 12.4 Å². The number of likely N-dealkylation sites (N-methyl/N-ethyl adjacent to an activating group) is 1. The number of thiophene rings is 1. The van der Waals surface area contributed by atoms with Gasteiger partial charge < -0.3 is 11.1 Å². The minimum Gasteiger partial charge on any atom is -0.366 e. The molecule has 0 fully saturated rings. The highest BCUT2D eigenvalue weighted by Crippen LogP contribution is 2.13. The first-order valence-electron chi connectivity index (χ1n) is 6.89. The number of anilines is 1. The van der Waals surface area contributed by atoms with Gasteiger partial charge in [0.15, 0.2) is 0 Å². The van der Waals surface area contributed by atoms with Gasteiger partial charge in [-0.05, 0) is 60.6 Å². The van der Waals surface area contributed by atoms with Crippen LogP contribution in [-0.2, 0) is 11.3 Å². The van der Waals surface area contributed by atoms with Crippen LogP contribution in [0.1, 0.15) is 22.8 Å². The molecule has 0 radical (unpaired) electrons. The Labute approximate surface area is 133 Å². The molecule has 1 unspecified atom stereocenters. The third-order valence-electron chi connectivity index (χ3n) is 3.49. The molecule has 1 atom stereocenters. The molecule has 2 aromatic rings. The number of hydrogen-bond acceptors (Lipinski definition) is 4. The first-order chi connectivity index (χ1) is 10.5. The van der Waals surface area contributed by atoms with E-state index in [0.717, 1.165) is 6.54 Å². The Bertz CT molecular complexity index is 638. The van der Waals surface area contributed by atoms with Crippen molar-refractivity contribution in [2.24, 2.45) is 5.73 Å². The molecule has 3 N–H and O–H groups in total. The lowest BCUT2D eigenvalue weighted by Crippen LogP contribution is -2.39. The molecular weight excluding hydrogens is 298 g/mol. The molecular formula is C16H19N3O2S. The highest BCUT2D eigenvalue weighted by atomic mass is 32.1. The fourth-order valence-electron chi connectivity index (χ4n) is 1.97. The van der Waals surface area contributed by atoms with Crippen LogP contribution in [0.4, 0.5) is 5.69 Å². The maximum atomic E-state index is 12.3. The van der Waals surface area contributed by atoms with E-state index in [4.69, 9.17) is 5.73 Å². The normalized spacial score (nSPS) is 12.1. The SMILES string of the molecule is CC(C(=O)Nc1ccc(C(N)=O)cc1)N(C)Cc1ccsc1. The van der Waals surface area contributed by atoms with Crippen molar-refractivity contribution in [2.45, 2.75) is 19.5 Å². The monoisotopic (exact) mass is 317 g/mol. The summed E-state index contributed by atoms with van der Waals surface area (Å²) in [5.41, 5.74) is 7.44. The van der Waals surface area contributed by atoms with Crippen LogP contribution in [0.15, 0.2) is 41.1 Å². The van der Waals surface area contributed by atoms with Crippen molar-refractivity contribution in [3.63, 3.8) is 0 Å². The summed E-state index contributed by atoms with van der Waals surface area (Å²) in [6.45, 7) is 2.58. The summed E-state index contributed by atoms with van der Waals surface area (Å²) in [6, 6.07) is 8.31. The van der Waals surface area contributed by atoms with E-state index in [-0.39, 0.29) is 11.9 Å². The third-order valence-corrected chi connectivity index (χ3v) is 4.22. The number of primary amides is 1. The number of amides is 2. The lowest BCUT2D eigenvalue weighted by molar-refractivity contribution is -0.120. The van der Waals surface area contributed by atoms with Crippen molar-refractivity contribution in [1.29, 1.82) is 0 Å². The van der Waals surface area contributed by atoms with Crippen molar-refractivity contribution in [3.05, 3.63) is 52.2 Å². The van der Waals surface area contributed by atoms with E-state index in [2.05, 4.69) is 10.7 Å². The Hall–Kier alpha value is -2.18. The Morgan fingerprint density at radius 2 is 1.95 bits per heavy atom. The fraction of sp³-hybridized carbons (Fsp3) is 0.250. The summed E-state index contributed by atoms with van der Waals surface area (Å²) >= 11 is 1.64. The minimum atomic E-state index is -0.484. The Morgan fingerprint density at radius 1 is 1.27 bits per heavy atom. The lowest BCUT2D eigenvalue weighted by Gasteiger charge is -2.23. The van der Waals surface area contributed by atoms with Gasteiger partial charge in [0.25, 0.3) is 0 Å². The van der Waals surface area contributed by atoms with Gasteiger partial charge in [-0.3, -0.25) is 14.5 Å². The zero-order valence-corrected chi connectivity index (χ0v) is 13.4. The first kappa shape index (κ1) is 16.2. The largest absolute Gasteiger partial charge is 0.366 e. The van der Waals surface area contributed by atoms with Crippen LogP contribution < -0.4 is 11.1 Å². The Kier molecular flexibility index (Phi) is 5.30. The van der Waals surface area contributed by atoms with Gasteiger partial charge in [0.1, 0.15) is 0 Å². The number of hydrogen-bond donors (Lipinski definition) is 2. The van der Waals surface area contributed by atoms with Gasteiger partial charge in [0, 0.05) is 17.8 Å². The molecule has 0 spiro atoms. The number of carbonyl (C=O) groups is 2. The smallest absolute Gasteiger partial charge is 0.248 e. The van der Waals surface area contributed by atoms with E-state index < -0.39 is 5.91 Å². The molecule has 0 saturated carbocycles. The van der Waals surface area contributed by atoms with E-state index in [1.165, 1.54) is 5.56 Å². The van der Waals surface area contributed by atoms with Gasteiger partial charge in [-0.2, -0.15) is 11.3 Å². The average molecular weight is 317 g/mol. The number of benzene rings is 1. The quantitative estimate of drug-likeness (QED) is 0.858. The zero-order valence-electron chi connectivity index (χ0n) is 12.6. The van der Waals surface area contributed by atoms with Gasteiger partial charge in [0.05, 0.1) is 6.04 Å². The van der Waals surface area contributed by atoms with Crippen molar-refractivity contribution < 1.29 is 9.59 Å². The third kappa shape index (κ3) is 4.16. The van der Waals surface area contributed by atoms with Gasteiger partial charge in [0.2, 0.25) is 11.8 Å². The molecule has 1 heterocycles. The molecule has 1 aromatic carbocycles. The van der Waals surface area contributed by atoms with E-state index in [1.807, 2.05) is 30.3 Å². The Morgan fingerprint density at radius 3 is 2.50 bits per heavy atom. The number of carbonyl (C=O) groups excluding carboxylic acids is 2. The number of nitrogens with one attached hydrogen (secondary N) is 1. The predicted octanol–water partition coefficient (Wildman–Crippen LogP) is 2.31. The summed E-state index contributed by atoms with van der Waals surface area (Å²) in [5, 5.41) is 6.93. The molecule has 0 aliphatic heterocycles. The fourth-order valence-corrected chi connectivity index (χ4v) is 2.63. The van der Waals surface area contributed by atoms with Gasteiger partial charge in [-0.15, -0.1) is 0 Å². The predicted molar refractivity (Wildman–Crippen MR) is 88.8 cm³/mol. The van der Waals surface area contributed by atoms with Crippen LogP contribution in [0.3, 0.4) is 0 Å². The molecule has 2 rings (SSSR count). The Balaban J connectivity index is 1.94. The molecule has 6 heteroatoms. The summed E-state index contributed by atoms with van der Waals surface area (Å²) in [7, 11) is 1.91. The summed E-state index contributed by atoms with van der Waals surface area (Å²) in [6.07, 6.45) is 0. The maximum absolute atomic E-state index is 12.3. The van der Waals surface area contributed by atoms with Crippen LogP contribution in [0, 0.1) is 0 Å². The second kappa shape index (κ2) is 7.20. The standard InChI is InChI=1S/C16H19N3O2S/c1-11(19(2)9-12-7-8-22-10-12)16(21)18-14-5-3-13(4-6-14)15(17)20/h3-8,10-11H,9H2,1-2H3,(H2,17,20)(H,18,21). The summed E-state index contributed by atoms with van der Waals surface area (Å²) < 4.78 is 0. The summed E-state index contributed by atoms with van der Waals surface area (Å²) in [4.78, 5) is 25.3. The van der Waals surface area contributed by atoms with Crippen LogP contribution in [0.2, 0.25) is 0 Å². The van der Waals surface area contributed by atoms with E-state index in [9.17, 15) is 9.59 Å². The molecule has 1 aromatic heterocycles. The second-order valence-electron chi connectivity index (χ2n) is 5.15.